The Morgan fingerprint density at radius 2 is 1.42 bits per heavy atom. The van der Waals surface area contributed by atoms with E-state index in [0.717, 1.165) is 19.3 Å². The molecule has 0 saturated carbocycles. The molecule has 0 unspecified atom stereocenters. The number of carbonyl (C=O) groups is 3. The van der Waals surface area contributed by atoms with Crippen LogP contribution in [0.3, 0.4) is 0 Å². The largest absolute Gasteiger partial charge is 0.343 e. The second-order valence-corrected chi connectivity index (χ2v) is 7.12. The SMILES string of the molecule is CC(=O)N1CCC(C(=O)N2CCCN(C(=O)c3ccccc3)CC2)CC1. The van der Waals surface area contributed by atoms with Crippen LogP contribution in [0.5, 0.6) is 0 Å². The van der Waals surface area contributed by atoms with Gasteiger partial charge in [0.15, 0.2) is 0 Å². The molecule has 0 radical (unpaired) electrons. The third-order valence-electron chi connectivity index (χ3n) is 5.41. The molecule has 26 heavy (non-hydrogen) atoms. The van der Waals surface area contributed by atoms with Gasteiger partial charge in [-0.25, -0.2) is 0 Å². The van der Waals surface area contributed by atoms with Crippen LogP contribution in [0.4, 0.5) is 0 Å². The number of nitrogens with zero attached hydrogens (tertiary/aromatic N) is 3. The minimum absolute atomic E-state index is 0.00183. The summed E-state index contributed by atoms with van der Waals surface area (Å²) in [6, 6.07) is 9.30. The molecular weight excluding hydrogens is 330 g/mol. The molecule has 0 aliphatic carbocycles. The summed E-state index contributed by atoms with van der Waals surface area (Å²) in [4.78, 5) is 42.5. The van der Waals surface area contributed by atoms with Crippen LogP contribution in [0.25, 0.3) is 0 Å². The second kappa shape index (κ2) is 8.34. The number of rotatable bonds is 2. The van der Waals surface area contributed by atoms with Gasteiger partial charge in [-0.05, 0) is 31.4 Å². The fourth-order valence-electron chi connectivity index (χ4n) is 3.80. The summed E-state index contributed by atoms with van der Waals surface area (Å²) >= 11 is 0. The Balaban J connectivity index is 1.54. The van der Waals surface area contributed by atoms with Crippen molar-refractivity contribution in [3.05, 3.63) is 35.9 Å². The highest BCUT2D eigenvalue weighted by atomic mass is 16.2. The van der Waals surface area contributed by atoms with Crippen molar-refractivity contribution in [3.8, 4) is 0 Å². The van der Waals surface area contributed by atoms with Gasteiger partial charge in [0.2, 0.25) is 11.8 Å². The van der Waals surface area contributed by atoms with Crippen LogP contribution in [0.15, 0.2) is 30.3 Å². The quantitative estimate of drug-likeness (QED) is 0.808. The molecular formula is C20H27N3O3. The molecule has 0 aromatic heterocycles. The van der Waals surface area contributed by atoms with E-state index in [-0.39, 0.29) is 23.6 Å². The number of piperidine rings is 1. The molecule has 1 aromatic carbocycles. The first-order valence-corrected chi connectivity index (χ1v) is 9.45. The van der Waals surface area contributed by atoms with Gasteiger partial charge < -0.3 is 14.7 Å². The minimum Gasteiger partial charge on any atom is -0.343 e. The molecule has 6 nitrogen and oxygen atoms in total. The summed E-state index contributed by atoms with van der Waals surface area (Å²) < 4.78 is 0. The number of benzene rings is 1. The molecule has 140 valence electrons. The number of hydrogen-bond acceptors (Lipinski definition) is 3. The Morgan fingerprint density at radius 3 is 2.08 bits per heavy atom. The molecule has 0 N–H and O–H groups in total. The molecule has 2 aliphatic heterocycles. The van der Waals surface area contributed by atoms with Gasteiger partial charge in [-0.3, -0.25) is 14.4 Å². The number of amides is 3. The lowest BCUT2D eigenvalue weighted by Gasteiger charge is -2.33. The standard InChI is InChI=1S/C20H27N3O3/c1-16(24)21-12-8-18(9-13-21)20(26)23-11-5-10-22(14-15-23)19(25)17-6-3-2-4-7-17/h2-4,6-7,18H,5,8-15H2,1H3. The monoisotopic (exact) mass is 357 g/mol. The van der Waals surface area contributed by atoms with Crippen LogP contribution < -0.4 is 0 Å². The average Bonchev–Trinajstić information content (AvgIpc) is 2.94. The number of likely N-dealkylation sites (tertiary alicyclic amines) is 1. The molecule has 6 heteroatoms. The van der Waals surface area contributed by atoms with E-state index in [1.54, 1.807) is 6.92 Å². The van der Waals surface area contributed by atoms with E-state index < -0.39 is 0 Å². The van der Waals surface area contributed by atoms with E-state index in [1.807, 2.05) is 45.0 Å². The molecule has 2 saturated heterocycles. The molecule has 3 amide bonds. The van der Waals surface area contributed by atoms with Crippen LogP contribution >= 0.6 is 0 Å². The van der Waals surface area contributed by atoms with Gasteiger partial charge >= 0.3 is 0 Å². The van der Waals surface area contributed by atoms with Crippen molar-refractivity contribution in [2.45, 2.75) is 26.2 Å². The van der Waals surface area contributed by atoms with Crippen molar-refractivity contribution in [1.29, 1.82) is 0 Å². The van der Waals surface area contributed by atoms with E-state index in [2.05, 4.69) is 0 Å². The molecule has 2 fully saturated rings. The van der Waals surface area contributed by atoms with Crippen molar-refractivity contribution < 1.29 is 14.4 Å². The van der Waals surface area contributed by atoms with Crippen LogP contribution in [0.1, 0.15) is 36.5 Å². The van der Waals surface area contributed by atoms with E-state index in [1.165, 1.54) is 0 Å². The van der Waals surface area contributed by atoms with Crippen molar-refractivity contribution in [3.63, 3.8) is 0 Å². The van der Waals surface area contributed by atoms with Crippen LogP contribution in [0.2, 0.25) is 0 Å². The Morgan fingerprint density at radius 1 is 0.808 bits per heavy atom. The molecule has 0 atom stereocenters. The zero-order valence-electron chi connectivity index (χ0n) is 15.4. The van der Waals surface area contributed by atoms with Gasteiger partial charge in [-0.15, -0.1) is 0 Å². The Bertz CT molecular complexity index is 654. The highest BCUT2D eigenvalue weighted by molar-refractivity contribution is 5.94. The second-order valence-electron chi connectivity index (χ2n) is 7.12. The summed E-state index contributed by atoms with van der Waals surface area (Å²) in [5, 5.41) is 0. The van der Waals surface area contributed by atoms with Crippen LogP contribution in [-0.2, 0) is 9.59 Å². The lowest BCUT2D eigenvalue weighted by Crippen LogP contribution is -2.45. The van der Waals surface area contributed by atoms with Crippen molar-refractivity contribution in [2.75, 3.05) is 39.3 Å². The molecule has 2 aliphatic rings. The van der Waals surface area contributed by atoms with Crippen molar-refractivity contribution in [2.24, 2.45) is 5.92 Å². The topological polar surface area (TPSA) is 60.9 Å². The Hall–Kier alpha value is -2.37. The first-order chi connectivity index (χ1) is 12.6. The van der Waals surface area contributed by atoms with Gasteiger partial charge in [0, 0.05) is 57.7 Å². The first kappa shape index (κ1) is 18.4. The summed E-state index contributed by atoms with van der Waals surface area (Å²) in [5.74, 6) is 0.305. The predicted octanol–water partition coefficient (Wildman–Crippen LogP) is 1.62. The molecule has 0 spiro atoms. The van der Waals surface area contributed by atoms with Crippen LogP contribution in [-0.4, -0.2) is 71.7 Å². The first-order valence-electron chi connectivity index (χ1n) is 9.45. The van der Waals surface area contributed by atoms with Gasteiger partial charge in [0.05, 0.1) is 0 Å². The van der Waals surface area contributed by atoms with E-state index >= 15 is 0 Å². The highest BCUT2D eigenvalue weighted by Crippen LogP contribution is 2.21. The highest BCUT2D eigenvalue weighted by Gasteiger charge is 2.30. The lowest BCUT2D eigenvalue weighted by molar-refractivity contribution is -0.140. The van der Waals surface area contributed by atoms with Crippen molar-refractivity contribution in [1.82, 2.24) is 14.7 Å². The summed E-state index contributed by atoms with van der Waals surface area (Å²) in [6.07, 6.45) is 2.28. The maximum Gasteiger partial charge on any atom is 0.253 e. The van der Waals surface area contributed by atoms with E-state index in [9.17, 15) is 14.4 Å². The minimum atomic E-state index is 0.00183. The lowest BCUT2D eigenvalue weighted by atomic mass is 9.95. The van der Waals surface area contributed by atoms with E-state index in [0.29, 0.717) is 44.8 Å². The zero-order valence-corrected chi connectivity index (χ0v) is 15.4. The van der Waals surface area contributed by atoms with Crippen molar-refractivity contribution >= 4 is 17.7 Å². The third-order valence-corrected chi connectivity index (χ3v) is 5.41. The Labute approximate surface area is 154 Å². The van der Waals surface area contributed by atoms with E-state index in [4.69, 9.17) is 0 Å². The summed E-state index contributed by atoms with van der Waals surface area (Å²) in [7, 11) is 0. The number of carbonyl (C=O) groups excluding carboxylic acids is 3. The van der Waals surface area contributed by atoms with Crippen LogP contribution in [0, 0.1) is 5.92 Å². The number of hydrogen-bond donors (Lipinski definition) is 0. The van der Waals surface area contributed by atoms with Gasteiger partial charge in [0.25, 0.3) is 5.91 Å². The maximum atomic E-state index is 12.8. The average molecular weight is 357 g/mol. The summed E-state index contributed by atoms with van der Waals surface area (Å²) in [6.45, 7) is 5.45. The summed E-state index contributed by atoms with van der Waals surface area (Å²) in [5.41, 5.74) is 0.698. The molecule has 2 heterocycles. The zero-order chi connectivity index (χ0) is 18.5. The fourth-order valence-corrected chi connectivity index (χ4v) is 3.80. The Kier molecular flexibility index (Phi) is 5.91. The molecule has 1 aromatic rings. The molecule has 3 rings (SSSR count). The third kappa shape index (κ3) is 4.23. The fraction of sp³-hybridized carbons (Fsp3) is 0.550. The smallest absolute Gasteiger partial charge is 0.253 e. The van der Waals surface area contributed by atoms with Gasteiger partial charge in [-0.2, -0.15) is 0 Å². The van der Waals surface area contributed by atoms with Gasteiger partial charge in [0.1, 0.15) is 0 Å². The van der Waals surface area contributed by atoms with Gasteiger partial charge in [-0.1, -0.05) is 18.2 Å². The normalized spacial score (nSPS) is 19.2. The molecule has 0 bridgehead atoms. The predicted molar refractivity (Wildman–Crippen MR) is 98.5 cm³/mol. The maximum absolute atomic E-state index is 12.8.